The smallest absolute Gasteiger partial charge is 0.227 e. The van der Waals surface area contributed by atoms with E-state index in [9.17, 15) is 4.79 Å². The van der Waals surface area contributed by atoms with Gasteiger partial charge in [0.2, 0.25) is 5.91 Å². The molecule has 2 aliphatic heterocycles. The highest BCUT2D eigenvalue weighted by atomic mass is 32.1. The second kappa shape index (κ2) is 6.09. The minimum absolute atomic E-state index is 0.0968. The lowest BCUT2D eigenvalue weighted by molar-refractivity contribution is -0.135. The fourth-order valence-electron chi connectivity index (χ4n) is 3.94. The molecule has 3 aliphatic rings. The molecule has 2 fully saturated rings. The molecule has 4 heterocycles. The van der Waals surface area contributed by atoms with Gasteiger partial charge in [-0.2, -0.15) is 0 Å². The predicted octanol–water partition coefficient (Wildman–Crippen LogP) is 2.83. The van der Waals surface area contributed by atoms with Crippen LogP contribution in [-0.2, 0) is 17.8 Å². The Morgan fingerprint density at radius 3 is 3.00 bits per heavy atom. The number of carbonyl (C=O) groups is 1. The van der Waals surface area contributed by atoms with Gasteiger partial charge in [-0.05, 0) is 48.8 Å². The van der Waals surface area contributed by atoms with Crippen LogP contribution in [0.2, 0.25) is 0 Å². The number of amides is 1. The Morgan fingerprint density at radius 2 is 2.12 bits per heavy atom. The minimum Gasteiger partial charge on any atom is -0.356 e. The lowest BCUT2D eigenvalue weighted by atomic mass is 10.0. The molecule has 5 nitrogen and oxygen atoms in total. The maximum atomic E-state index is 13.0. The van der Waals surface area contributed by atoms with Gasteiger partial charge in [-0.25, -0.2) is 9.97 Å². The van der Waals surface area contributed by atoms with Gasteiger partial charge in [0.05, 0.1) is 5.92 Å². The molecule has 0 spiro atoms. The monoisotopic (exact) mass is 354 g/mol. The van der Waals surface area contributed by atoms with Crippen LogP contribution in [0.15, 0.2) is 23.7 Å². The van der Waals surface area contributed by atoms with Crippen LogP contribution in [0.25, 0.3) is 0 Å². The van der Waals surface area contributed by atoms with Gasteiger partial charge in [0, 0.05) is 43.2 Å². The first-order valence-electron chi connectivity index (χ1n) is 9.20. The van der Waals surface area contributed by atoms with Crippen molar-refractivity contribution in [3.63, 3.8) is 0 Å². The van der Waals surface area contributed by atoms with Crippen LogP contribution in [0.1, 0.15) is 41.4 Å². The first kappa shape index (κ1) is 15.3. The summed E-state index contributed by atoms with van der Waals surface area (Å²) < 4.78 is 0. The van der Waals surface area contributed by atoms with Crippen molar-refractivity contribution in [2.45, 2.75) is 38.1 Å². The average Bonchev–Trinajstić information content (AvgIpc) is 3.20. The third-order valence-electron chi connectivity index (χ3n) is 5.58. The molecule has 6 heteroatoms. The first-order chi connectivity index (χ1) is 12.3. The Kier molecular flexibility index (Phi) is 3.73. The summed E-state index contributed by atoms with van der Waals surface area (Å²) in [5.41, 5.74) is 1.34. The summed E-state index contributed by atoms with van der Waals surface area (Å²) in [5, 5.41) is 2.14. The predicted molar refractivity (Wildman–Crippen MR) is 97.8 cm³/mol. The van der Waals surface area contributed by atoms with Crippen molar-refractivity contribution in [3.8, 4) is 0 Å². The number of anilines is 1. The van der Waals surface area contributed by atoms with Gasteiger partial charge in [-0.1, -0.05) is 0 Å². The van der Waals surface area contributed by atoms with Crippen LogP contribution in [0.3, 0.4) is 0 Å². The molecule has 0 aromatic carbocycles. The fourth-order valence-corrected chi connectivity index (χ4v) is 4.83. The molecule has 1 saturated heterocycles. The molecule has 0 radical (unpaired) electrons. The zero-order chi connectivity index (χ0) is 16.8. The minimum atomic E-state index is 0.0968. The third kappa shape index (κ3) is 2.92. The second-order valence-corrected chi connectivity index (χ2v) is 8.36. The Bertz CT molecular complexity index is 800. The van der Waals surface area contributed by atoms with Crippen molar-refractivity contribution in [1.29, 1.82) is 0 Å². The molecule has 5 rings (SSSR count). The lowest BCUT2D eigenvalue weighted by Gasteiger charge is -2.29. The van der Waals surface area contributed by atoms with Crippen molar-refractivity contribution in [3.05, 3.63) is 40.0 Å². The SMILES string of the molecule is O=C(C1CCN(c2ccnc(C3CC3)n2)C1)N1CCc2sccc2C1. The Morgan fingerprint density at radius 1 is 1.20 bits per heavy atom. The van der Waals surface area contributed by atoms with Crippen LogP contribution in [0, 0.1) is 5.92 Å². The van der Waals surface area contributed by atoms with Gasteiger partial charge in [-0.3, -0.25) is 4.79 Å². The maximum Gasteiger partial charge on any atom is 0.227 e. The first-order valence-corrected chi connectivity index (χ1v) is 10.1. The van der Waals surface area contributed by atoms with Gasteiger partial charge in [-0.15, -0.1) is 11.3 Å². The van der Waals surface area contributed by atoms with Crippen LogP contribution in [0.5, 0.6) is 0 Å². The average molecular weight is 354 g/mol. The van der Waals surface area contributed by atoms with Crippen LogP contribution >= 0.6 is 11.3 Å². The quantitative estimate of drug-likeness (QED) is 0.850. The van der Waals surface area contributed by atoms with E-state index in [1.165, 1.54) is 23.3 Å². The molecule has 2 aromatic heterocycles. The highest BCUT2D eigenvalue weighted by Gasteiger charge is 2.34. The van der Waals surface area contributed by atoms with E-state index in [0.717, 1.165) is 50.7 Å². The number of hydrogen-bond acceptors (Lipinski definition) is 5. The summed E-state index contributed by atoms with van der Waals surface area (Å²) in [4.78, 5) is 27.9. The van der Waals surface area contributed by atoms with E-state index < -0.39 is 0 Å². The molecule has 2 aromatic rings. The van der Waals surface area contributed by atoms with E-state index in [-0.39, 0.29) is 5.92 Å². The summed E-state index contributed by atoms with van der Waals surface area (Å²) in [6, 6.07) is 4.15. The zero-order valence-corrected chi connectivity index (χ0v) is 15.0. The molecule has 1 saturated carbocycles. The molecule has 1 aliphatic carbocycles. The zero-order valence-electron chi connectivity index (χ0n) is 14.2. The highest BCUT2D eigenvalue weighted by molar-refractivity contribution is 7.10. The Labute approximate surface area is 151 Å². The fraction of sp³-hybridized carbons (Fsp3) is 0.526. The van der Waals surface area contributed by atoms with Gasteiger partial charge < -0.3 is 9.80 Å². The molecular formula is C19H22N4OS. The number of rotatable bonds is 3. The van der Waals surface area contributed by atoms with E-state index in [2.05, 4.69) is 26.2 Å². The number of thiophene rings is 1. The summed E-state index contributed by atoms with van der Waals surface area (Å²) in [5.74, 6) is 2.95. The van der Waals surface area contributed by atoms with Gasteiger partial charge >= 0.3 is 0 Å². The number of aromatic nitrogens is 2. The Hall–Kier alpha value is -1.95. The maximum absolute atomic E-state index is 13.0. The van der Waals surface area contributed by atoms with Crippen molar-refractivity contribution in [1.82, 2.24) is 14.9 Å². The van der Waals surface area contributed by atoms with Crippen LogP contribution in [-0.4, -0.2) is 40.4 Å². The van der Waals surface area contributed by atoms with Gasteiger partial charge in [0.1, 0.15) is 11.6 Å². The topological polar surface area (TPSA) is 49.3 Å². The molecule has 0 N–H and O–H groups in total. The number of nitrogens with zero attached hydrogens (tertiary/aromatic N) is 4. The summed E-state index contributed by atoms with van der Waals surface area (Å²) in [7, 11) is 0. The third-order valence-corrected chi connectivity index (χ3v) is 6.61. The van der Waals surface area contributed by atoms with Crippen molar-refractivity contribution >= 4 is 23.1 Å². The second-order valence-electron chi connectivity index (χ2n) is 7.36. The van der Waals surface area contributed by atoms with Crippen LogP contribution in [0.4, 0.5) is 5.82 Å². The molecule has 1 unspecified atom stereocenters. The number of fused-ring (bicyclic) bond motifs is 1. The van der Waals surface area contributed by atoms with E-state index in [1.54, 1.807) is 0 Å². The molecule has 130 valence electrons. The van der Waals surface area contributed by atoms with E-state index in [1.807, 2.05) is 23.6 Å². The van der Waals surface area contributed by atoms with E-state index in [4.69, 9.17) is 4.98 Å². The van der Waals surface area contributed by atoms with Crippen molar-refractivity contribution in [2.24, 2.45) is 5.92 Å². The molecular weight excluding hydrogens is 332 g/mol. The molecule has 1 amide bonds. The lowest BCUT2D eigenvalue weighted by Crippen LogP contribution is -2.40. The van der Waals surface area contributed by atoms with E-state index >= 15 is 0 Å². The normalized spacial score (nSPS) is 23.0. The largest absolute Gasteiger partial charge is 0.356 e. The summed E-state index contributed by atoms with van der Waals surface area (Å²) >= 11 is 1.82. The van der Waals surface area contributed by atoms with Gasteiger partial charge in [0.25, 0.3) is 0 Å². The number of carbonyl (C=O) groups excluding carboxylic acids is 1. The van der Waals surface area contributed by atoms with Crippen LogP contribution < -0.4 is 4.90 Å². The van der Waals surface area contributed by atoms with Crippen molar-refractivity contribution < 1.29 is 4.79 Å². The summed E-state index contributed by atoms with van der Waals surface area (Å²) in [6.07, 6.45) is 6.22. The summed E-state index contributed by atoms with van der Waals surface area (Å²) in [6.45, 7) is 3.34. The van der Waals surface area contributed by atoms with Gasteiger partial charge in [0.15, 0.2) is 0 Å². The molecule has 25 heavy (non-hydrogen) atoms. The van der Waals surface area contributed by atoms with E-state index in [0.29, 0.717) is 11.8 Å². The van der Waals surface area contributed by atoms with Crippen molar-refractivity contribution in [2.75, 3.05) is 24.5 Å². The molecule has 1 atom stereocenters. The standard InChI is InChI=1S/C19H22N4OS/c24-19(23-9-5-16-14(11-23)6-10-25-16)15-4-8-22(12-15)17-3-7-20-18(21-17)13-1-2-13/h3,6-7,10,13,15H,1-2,4-5,8-9,11-12H2. The Balaban J connectivity index is 1.26. The highest BCUT2D eigenvalue weighted by Crippen LogP contribution is 2.38. The molecule has 0 bridgehead atoms. The number of hydrogen-bond donors (Lipinski definition) is 0.